The van der Waals surface area contributed by atoms with Gasteiger partial charge in [0.05, 0.1) is 0 Å². The van der Waals surface area contributed by atoms with Crippen molar-refractivity contribution in [3.05, 3.63) is 12.4 Å². The van der Waals surface area contributed by atoms with Crippen LogP contribution < -0.4 is 9.80 Å². The second kappa shape index (κ2) is 6.38. The van der Waals surface area contributed by atoms with Crippen molar-refractivity contribution >= 4 is 11.6 Å². The van der Waals surface area contributed by atoms with Crippen LogP contribution in [0.5, 0.6) is 0 Å². The Kier molecular flexibility index (Phi) is 4.49. The molecule has 0 unspecified atom stereocenters. The van der Waals surface area contributed by atoms with Crippen LogP contribution in [0.4, 0.5) is 11.6 Å². The summed E-state index contributed by atoms with van der Waals surface area (Å²) >= 11 is 0. The van der Waals surface area contributed by atoms with Gasteiger partial charge < -0.3 is 19.6 Å². The van der Waals surface area contributed by atoms with Gasteiger partial charge in [0.1, 0.15) is 0 Å². The Hall–Kier alpha value is -1.40. The number of nitrogens with zero attached hydrogens (tertiary/aromatic N) is 6. The lowest BCUT2D eigenvalue weighted by Gasteiger charge is -2.26. The lowest BCUT2D eigenvalue weighted by Crippen LogP contribution is -2.34. The Morgan fingerprint density at radius 1 is 0.818 bits per heavy atom. The van der Waals surface area contributed by atoms with Crippen molar-refractivity contribution in [3.63, 3.8) is 0 Å². The Morgan fingerprint density at radius 2 is 1.23 bits per heavy atom. The van der Waals surface area contributed by atoms with Crippen LogP contribution in [0.3, 0.4) is 0 Å². The average molecular weight is 304 g/mol. The van der Waals surface area contributed by atoms with Crippen molar-refractivity contribution in [1.29, 1.82) is 0 Å². The van der Waals surface area contributed by atoms with Crippen LogP contribution in [0, 0.1) is 0 Å². The largest absolute Gasteiger partial charge is 0.352 e. The average Bonchev–Trinajstić information content (AvgIpc) is 3.17. The first kappa shape index (κ1) is 15.5. The maximum Gasteiger partial charge on any atom is 0.172 e. The molecule has 1 aromatic heterocycles. The third-order valence-electron chi connectivity index (χ3n) is 5.05. The summed E-state index contributed by atoms with van der Waals surface area (Å²) in [7, 11) is 8.64. The SMILES string of the molecule is CN(C)[C@@H]1CCN(c2nccnc2N2CC[C@H](N(C)C)C2)C1. The highest BCUT2D eigenvalue weighted by Crippen LogP contribution is 2.30. The van der Waals surface area contributed by atoms with E-state index in [0.717, 1.165) is 37.8 Å². The summed E-state index contributed by atoms with van der Waals surface area (Å²) in [5.74, 6) is 2.12. The number of likely N-dealkylation sites (N-methyl/N-ethyl adjacent to an activating group) is 2. The Morgan fingerprint density at radius 3 is 1.55 bits per heavy atom. The van der Waals surface area contributed by atoms with E-state index in [9.17, 15) is 0 Å². The van der Waals surface area contributed by atoms with E-state index in [2.05, 4.69) is 57.8 Å². The Bertz CT molecular complexity index is 458. The highest BCUT2D eigenvalue weighted by atomic mass is 15.3. The smallest absolute Gasteiger partial charge is 0.172 e. The van der Waals surface area contributed by atoms with E-state index in [1.54, 1.807) is 0 Å². The molecule has 2 atom stereocenters. The number of anilines is 2. The second-order valence-electron chi connectivity index (χ2n) is 6.91. The zero-order valence-corrected chi connectivity index (χ0v) is 14.2. The number of hydrogen-bond acceptors (Lipinski definition) is 6. The molecule has 6 heteroatoms. The predicted octanol–water partition coefficient (Wildman–Crippen LogP) is 0.757. The molecule has 2 fully saturated rings. The number of aromatic nitrogens is 2. The third kappa shape index (κ3) is 3.03. The zero-order chi connectivity index (χ0) is 15.7. The van der Waals surface area contributed by atoms with Gasteiger partial charge in [-0.25, -0.2) is 9.97 Å². The topological polar surface area (TPSA) is 38.7 Å². The van der Waals surface area contributed by atoms with Gasteiger partial charge in [-0.1, -0.05) is 0 Å². The van der Waals surface area contributed by atoms with E-state index in [0.29, 0.717) is 12.1 Å². The van der Waals surface area contributed by atoms with Crippen molar-refractivity contribution in [2.75, 3.05) is 64.2 Å². The van der Waals surface area contributed by atoms with Crippen LogP contribution in [0.1, 0.15) is 12.8 Å². The van der Waals surface area contributed by atoms with Gasteiger partial charge in [0.2, 0.25) is 0 Å². The fourth-order valence-corrected chi connectivity index (χ4v) is 3.48. The molecule has 3 rings (SSSR count). The van der Waals surface area contributed by atoms with E-state index in [1.165, 1.54) is 12.8 Å². The quantitative estimate of drug-likeness (QED) is 0.818. The first-order valence-corrected chi connectivity index (χ1v) is 8.20. The van der Waals surface area contributed by atoms with Gasteiger partial charge in [0.15, 0.2) is 11.6 Å². The van der Waals surface area contributed by atoms with Crippen LogP contribution in [0.2, 0.25) is 0 Å². The van der Waals surface area contributed by atoms with Crippen molar-refractivity contribution in [3.8, 4) is 0 Å². The van der Waals surface area contributed by atoms with Gasteiger partial charge in [0, 0.05) is 50.7 Å². The monoisotopic (exact) mass is 304 g/mol. The van der Waals surface area contributed by atoms with Crippen LogP contribution in [-0.2, 0) is 0 Å². The number of rotatable bonds is 4. The van der Waals surface area contributed by atoms with E-state index in [1.807, 2.05) is 12.4 Å². The minimum atomic E-state index is 0.614. The molecule has 2 saturated heterocycles. The normalized spacial score (nSPS) is 25.7. The Balaban J connectivity index is 1.77. The maximum atomic E-state index is 4.66. The summed E-state index contributed by atoms with van der Waals surface area (Å²) in [6.07, 6.45) is 6.04. The molecule has 0 N–H and O–H groups in total. The van der Waals surface area contributed by atoms with Gasteiger partial charge >= 0.3 is 0 Å². The molecule has 122 valence electrons. The van der Waals surface area contributed by atoms with Gasteiger partial charge in [-0.15, -0.1) is 0 Å². The fourth-order valence-electron chi connectivity index (χ4n) is 3.48. The lowest BCUT2D eigenvalue weighted by molar-refractivity contribution is 0.315. The number of hydrogen-bond donors (Lipinski definition) is 0. The zero-order valence-electron chi connectivity index (χ0n) is 14.2. The predicted molar refractivity (Wildman–Crippen MR) is 90.6 cm³/mol. The van der Waals surface area contributed by atoms with Gasteiger partial charge in [-0.05, 0) is 41.0 Å². The molecule has 0 aromatic carbocycles. The standard InChI is InChI=1S/C16H28N6/c1-19(2)13-5-9-21(11-13)15-16(18-8-7-17-15)22-10-6-14(12-22)20(3)4/h7-8,13-14H,5-6,9-12H2,1-4H3/t13-,14+. The van der Waals surface area contributed by atoms with E-state index < -0.39 is 0 Å². The van der Waals surface area contributed by atoms with E-state index >= 15 is 0 Å². The molecule has 0 radical (unpaired) electrons. The maximum absolute atomic E-state index is 4.66. The highest BCUT2D eigenvalue weighted by molar-refractivity contribution is 5.63. The molecule has 0 saturated carbocycles. The van der Waals surface area contributed by atoms with Crippen molar-refractivity contribution in [2.24, 2.45) is 0 Å². The minimum absolute atomic E-state index is 0.614. The summed E-state index contributed by atoms with van der Waals surface area (Å²) in [6, 6.07) is 1.23. The molecule has 0 aliphatic carbocycles. The first-order chi connectivity index (χ1) is 10.6. The van der Waals surface area contributed by atoms with Crippen LogP contribution in [-0.4, -0.2) is 86.2 Å². The molecule has 6 nitrogen and oxygen atoms in total. The lowest BCUT2D eigenvalue weighted by atomic mass is 10.2. The molecule has 22 heavy (non-hydrogen) atoms. The van der Waals surface area contributed by atoms with Gasteiger partial charge in [0.25, 0.3) is 0 Å². The van der Waals surface area contributed by atoms with Crippen molar-refractivity contribution < 1.29 is 0 Å². The van der Waals surface area contributed by atoms with E-state index in [-0.39, 0.29) is 0 Å². The van der Waals surface area contributed by atoms with Gasteiger partial charge in [-0.2, -0.15) is 0 Å². The molecule has 2 aliphatic heterocycles. The summed E-state index contributed by atoms with van der Waals surface area (Å²) in [5, 5.41) is 0. The fraction of sp³-hybridized carbons (Fsp3) is 0.750. The summed E-state index contributed by atoms with van der Waals surface area (Å²) < 4.78 is 0. The Labute approximate surface area is 133 Å². The van der Waals surface area contributed by atoms with Crippen LogP contribution in [0.15, 0.2) is 12.4 Å². The van der Waals surface area contributed by atoms with Gasteiger partial charge in [-0.3, -0.25) is 0 Å². The van der Waals surface area contributed by atoms with Crippen LogP contribution >= 0.6 is 0 Å². The van der Waals surface area contributed by atoms with Crippen molar-refractivity contribution in [2.45, 2.75) is 24.9 Å². The summed E-state index contributed by atoms with van der Waals surface area (Å²) in [4.78, 5) is 18.7. The molecule has 3 heterocycles. The summed E-state index contributed by atoms with van der Waals surface area (Å²) in [6.45, 7) is 4.23. The minimum Gasteiger partial charge on any atom is -0.352 e. The molecule has 1 aromatic rings. The molecule has 0 amide bonds. The molecular formula is C16H28N6. The summed E-state index contributed by atoms with van der Waals surface area (Å²) in [5.41, 5.74) is 0. The second-order valence-corrected chi connectivity index (χ2v) is 6.91. The molecule has 0 spiro atoms. The molecule has 2 aliphatic rings. The van der Waals surface area contributed by atoms with E-state index in [4.69, 9.17) is 0 Å². The third-order valence-corrected chi connectivity index (χ3v) is 5.05. The highest BCUT2D eigenvalue weighted by Gasteiger charge is 2.31. The molecular weight excluding hydrogens is 276 g/mol. The van der Waals surface area contributed by atoms with Crippen LogP contribution in [0.25, 0.3) is 0 Å². The first-order valence-electron chi connectivity index (χ1n) is 8.20. The van der Waals surface area contributed by atoms with Crippen molar-refractivity contribution in [1.82, 2.24) is 19.8 Å². The molecule has 0 bridgehead atoms.